The first kappa shape index (κ1) is 31.1. The number of nitrogens with zero attached hydrogens (tertiary/aromatic N) is 3. The Morgan fingerprint density at radius 2 is 1.55 bits per heavy atom. The molecule has 49 heavy (non-hydrogen) atoms. The highest BCUT2D eigenvalue weighted by Gasteiger charge is 2.24. The molecule has 0 unspecified atom stereocenters. The number of hydrogen-bond acceptors (Lipinski definition) is 4. The molecular formula is C43H38N4OS. The smallest absolute Gasteiger partial charge is 0.233 e. The third kappa shape index (κ3) is 6.74. The molecule has 242 valence electrons. The molecule has 1 aliphatic rings. The van der Waals surface area contributed by atoms with Gasteiger partial charge in [0.25, 0.3) is 0 Å². The van der Waals surface area contributed by atoms with Crippen LogP contribution >= 0.6 is 11.8 Å². The highest BCUT2D eigenvalue weighted by Crippen LogP contribution is 2.41. The van der Waals surface area contributed by atoms with Crippen molar-refractivity contribution >= 4 is 45.3 Å². The lowest BCUT2D eigenvalue weighted by atomic mass is 9.92. The highest BCUT2D eigenvalue weighted by atomic mass is 32.2. The molecule has 1 N–H and O–H groups in total. The molecule has 0 spiro atoms. The number of aromatic nitrogens is 3. The molecule has 4 aromatic carbocycles. The summed E-state index contributed by atoms with van der Waals surface area (Å²) in [6.45, 7) is 0.744. The van der Waals surface area contributed by atoms with Crippen molar-refractivity contribution in [1.82, 2.24) is 15.0 Å². The Kier molecular flexibility index (Phi) is 8.95. The molecule has 1 aliphatic carbocycles. The standard InChI is InChI=1S/C43H38N4OS/c48-40(26-34-15-9-10-24-44-34)47(28-30-11-7-8-12-30)35-21-19-32(20-22-35)38-27-45-43-42(41(38)33-13-3-1-4-14-33)37-25-31(18-23-39(37)46-43)29-49-36-16-5-2-6-17-36/h1-6,9-10,13-25,27,30H,7-8,11-12,26,28-29H2,(H,45,46). The minimum Gasteiger partial charge on any atom is -0.339 e. The monoisotopic (exact) mass is 658 g/mol. The predicted molar refractivity (Wildman–Crippen MR) is 203 cm³/mol. The molecule has 0 atom stereocenters. The molecule has 0 bridgehead atoms. The minimum atomic E-state index is 0.0893. The van der Waals surface area contributed by atoms with E-state index in [1.54, 1.807) is 6.20 Å². The van der Waals surface area contributed by atoms with Crippen LogP contribution in [0.15, 0.2) is 139 Å². The second-order valence-corrected chi connectivity index (χ2v) is 14.0. The molecule has 0 aliphatic heterocycles. The number of carbonyl (C=O) groups is 1. The van der Waals surface area contributed by atoms with E-state index >= 15 is 0 Å². The van der Waals surface area contributed by atoms with Crippen LogP contribution in [0.2, 0.25) is 0 Å². The fraction of sp³-hybridized carbons (Fsp3) is 0.186. The van der Waals surface area contributed by atoms with E-state index in [9.17, 15) is 4.79 Å². The van der Waals surface area contributed by atoms with Crippen LogP contribution in [0.25, 0.3) is 44.2 Å². The molecule has 5 nitrogen and oxygen atoms in total. The molecule has 1 fully saturated rings. The van der Waals surface area contributed by atoms with E-state index in [1.807, 2.05) is 41.1 Å². The second-order valence-electron chi connectivity index (χ2n) is 12.9. The zero-order valence-corrected chi connectivity index (χ0v) is 28.2. The van der Waals surface area contributed by atoms with Crippen LogP contribution in [-0.2, 0) is 17.0 Å². The topological polar surface area (TPSA) is 61.9 Å². The number of amides is 1. The van der Waals surface area contributed by atoms with Gasteiger partial charge < -0.3 is 9.88 Å². The molecule has 1 amide bonds. The summed E-state index contributed by atoms with van der Waals surface area (Å²) in [7, 11) is 0. The molecule has 1 saturated carbocycles. The van der Waals surface area contributed by atoms with Crippen LogP contribution in [0.5, 0.6) is 0 Å². The molecule has 7 aromatic rings. The summed E-state index contributed by atoms with van der Waals surface area (Å²) < 4.78 is 0. The first-order valence-electron chi connectivity index (χ1n) is 17.2. The van der Waals surface area contributed by atoms with Gasteiger partial charge in [-0.25, -0.2) is 4.98 Å². The van der Waals surface area contributed by atoms with Crippen LogP contribution in [0, 0.1) is 5.92 Å². The largest absolute Gasteiger partial charge is 0.339 e. The van der Waals surface area contributed by atoms with Gasteiger partial charge in [-0.2, -0.15) is 0 Å². The van der Waals surface area contributed by atoms with Gasteiger partial charge in [0.1, 0.15) is 5.65 Å². The number of benzene rings is 4. The first-order valence-corrected chi connectivity index (χ1v) is 18.2. The van der Waals surface area contributed by atoms with Gasteiger partial charge in [0, 0.05) is 68.4 Å². The second kappa shape index (κ2) is 14.1. The molecule has 3 aromatic heterocycles. The lowest BCUT2D eigenvalue weighted by Crippen LogP contribution is -2.36. The quantitative estimate of drug-likeness (QED) is 0.149. The Morgan fingerprint density at radius 3 is 2.31 bits per heavy atom. The summed E-state index contributed by atoms with van der Waals surface area (Å²) in [5.41, 5.74) is 9.40. The normalized spacial score (nSPS) is 13.3. The van der Waals surface area contributed by atoms with Gasteiger partial charge in [0.15, 0.2) is 0 Å². The lowest BCUT2D eigenvalue weighted by molar-refractivity contribution is -0.118. The van der Waals surface area contributed by atoms with Crippen LogP contribution in [0.1, 0.15) is 36.9 Å². The fourth-order valence-corrected chi connectivity index (χ4v) is 8.04. The van der Waals surface area contributed by atoms with Crippen molar-refractivity contribution in [2.45, 2.75) is 42.8 Å². The summed E-state index contributed by atoms with van der Waals surface area (Å²) in [6, 6.07) is 42.2. The number of aromatic amines is 1. The van der Waals surface area contributed by atoms with Crippen LogP contribution < -0.4 is 4.90 Å². The number of H-pyrrole nitrogens is 1. The summed E-state index contributed by atoms with van der Waals surface area (Å²) in [6.07, 6.45) is 8.87. The summed E-state index contributed by atoms with van der Waals surface area (Å²) in [4.78, 5) is 30.0. The van der Waals surface area contributed by atoms with Gasteiger partial charge in [-0.15, -0.1) is 11.8 Å². The third-order valence-corrected chi connectivity index (χ3v) is 10.7. The number of anilines is 1. The Bertz CT molecular complexity index is 2190. The molecule has 6 heteroatoms. The summed E-state index contributed by atoms with van der Waals surface area (Å²) in [5, 5.41) is 2.30. The number of thioether (sulfide) groups is 1. The Hall–Kier alpha value is -5.20. The average molecular weight is 659 g/mol. The van der Waals surface area contributed by atoms with Crippen molar-refractivity contribution in [3.05, 3.63) is 145 Å². The highest BCUT2D eigenvalue weighted by molar-refractivity contribution is 7.98. The van der Waals surface area contributed by atoms with Gasteiger partial charge in [-0.3, -0.25) is 9.78 Å². The van der Waals surface area contributed by atoms with E-state index in [0.717, 1.165) is 62.5 Å². The van der Waals surface area contributed by atoms with Gasteiger partial charge in [-0.05, 0) is 84.0 Å². The van der Waals surface area contributed by atoms with Gasteiger partial charge in [-0.1, -0.05) is 85.6 Å². The average Bonchev–Trinajstić information content (AvgIpc) is 3.82. The zero-order valence-electron chi connectivity index (χ0n) is 27.4. The van der Waals surface area contributed by atoms with Crippen LogP contribution in [0.4, 0.5) is 5.69 Å². The van der Waals surface area contributed by atoms with Crippen molar-refractivity contribution < 1.29 is 4.79 Å². The van der Waals surface area contributed by atoms with Gasteiger partial charge >= 0.3 is 0 Å². The van der Waals surface area contributed by atoms with Crippen LogP contribution in [0.3, 0.4) is 0 Å². The van der Waals surface area contributed by atoms with E-state index in [0.29, 0.717) is 12.3 Å². The fourth-order valence-electron chi connectivity index (χ4n) is 7.18. The molecule has 8 rings (SSSR count). The number of carbonyl (C=O) groups excluding carboxylic acids is 1. The lowest BCUT2D eigenvalue weighted by Gasteiger charge is -2.26. The maximum absolute atomic E-state index is 13.8. The summed E-state index contributed by atoms with van der Waals surface area (Å²) in [5.74, 6) is 1.51. The molecule has 0 radical (unpaired) electrons. The first-order chi connectivity index (χ1) is 24.2. The van der Waals surface area contributed by atoms with Crippen molar-refractivity contribution in [1.29, 1.82) is 0 Å². The van der Waals surface area contributed by atoms with E-state index < -0.39 is 0 Å². The Morgan fingerprint density at radius 1 is 0.796 bits per heavy atom. The van der Waals surface area contributed by atoms with Crippen molar-refractivity contribution in [2.75, 3.05) is 11.4 Å². The Balaban J connectivity index is 1.18. The predicted octanol–water partition coefficient (Wildman–Crippen LogP) is 10.5. The van der Waals surface area contributed by atoms with Gasteiger partial charge in [0.2, 0.25) is 5.91 Å². The minimum absolute atomic E-state index is 0.0893. The van der Waals surface area contributed by atoms with Gasteiger partial charge in [0.05, 0.1) is 6.42 Å². The van der Waals surface area contributed by atoms with Crippen LogP contribution in [-0.4, -0.2) is 27.4 Å². The maximum atomic E-state index is 13.8. The third-order valence-electron chi connectivity index (χ3n) is 9.66. The van der Waals surface area contributed by atoms with Crippen molar-refractivity contribution in [3.8, 4) is 22.3 Å². The number of fused-ring (bicyclic) bond motifs is 3. The van der Waals surface area contributed by atoms with E-state index in [4.69, 9.17) is 4.98 Å². The number of nitrogens with one attached hydrogen (secondary N) is 1. The summed E-state index contributed by atoms with van der Waals surface area (Å²) >= 11 is 1.85. The number of rotatable bonds is 10. The molecule has 0 saturated heterocycles. The molecular weight excluding hydrogens is 621 g/mol. The zero-order chi connectivity index (χ0) is 33.0. The number of hydrogen-bond donors (Lipinski definition) is 1. The SMILES string of the molecule is O=C(Cc1ccccn1)N(CC1CCCC1)c1ccc(-c2cnc3[nH]c4ccc(CSc5ccccc5)cc4c3c2-c2ccccc2)cc1. The molecule has 3 heterocycles. The van der Waals surface area contributed by atoms with Crippen molar-refractivity contribution in [3.63, 3.8) is 0 Å². The maximum Gasteiger partial charge on any atom is 0.233 e. The van der Waals surface area contributed by atoms with E-state index in [-0.39, 0.29) is 5.91 Å². The number of pyridine rings is 2. The van der Waals surface area contributed by atoms with Crippen molar-refractivity contribution in [2.24, 2.45) is 5.92 Å². The Labute approximate surface area is 291 Å². The van der Waals surface area contributed by atoms with E-state index in [1.165, 1.54) is 41.5 Å². The van der Waals surface area contributed by atoms with E-state index in [2.05, 4.69) is 113 Å².